The maximum Gasteiger partial charge on any atom is 0.258 e. The Morgan fingerprint density at radius 2 is 2.05 bits per heavy atom. The third-order valence-corrected chi connectivity index (χ3v) is 3.09. The highest BCUT2D eigenvalue weighted by atomic mass is 16.5. The minimum atomic E-state index is -0.247. The first kappa shape index (κ1) is 13.9. The molecule has 3 rings (SSSR count). The summed E-state index contributed by atoms with van der Waals surface area (Å²) in [5.74, 6) is 1.05. The zero-order chi connectivity index (χ0) is 15.4. The molecule has 1 amide bonds. The quantitative estimate of drug-likeness (QED) is 0.657. The summed E-state index contributed by atoms with van der Waals surface area (Å²) in [6.07, 6.45) is 0. The van der Waals surface area contributed by atoms with E-state index in [0.717, 1.165) is 10.8 Å². The highest BCUT2D eigenvalue weighted by Crippen LogP contribution is 2.20. The van der Waals surface area contributed by atoms with Crippen LogP contribution in [0.2, 0.25) is 0 Å². The standard InChI is InChI=1S/C15H15N5O2/c16-15-18-13(19-20-15)8-17-14(21)9-22-12-6-5-10-3-1-2-4-11(10)7-12/h1-7H,8-9H2,(H,17,21)(H3,16,18,19,20). The van der Waals surface area contributed by atoms with Crippen LogP contribution >= 0.6 is 0 Å². The molecule has 22 heavy (non-hydrogen) atoms. The lowest BCUT2D eigenvalue weighted by Crippen LogP contribution is -2.28. The molecule has 1 heterocycles. The predicted molar refractivity (Wildman–Crippen MR) is 82.1 cm³/mol. The van der Waals surface area contributed by atoms with Crippen molar-refractivity contribution in [2.24, 2.45) is 0 Å². The molecule has 0 saturated carbocycles. The Balaban J connectivity index is 1.53. The molecule has 7 heteroatoms. The monoisotopic (exact) mass is 297 g/mol. The van der Waals surface area contributed by atoms with E-state index in [0.29, 0.717) is 11.6 Å². The maximum atomic E-state index is 11.7. The summed E-state index contributed by atoms with van der Waals surface area (Å²) in [5, 5.41) is 11.1. The lowest BCUT2D eigenvalue weighted by atomic mass is 10.1. The van der Waals surface area contributed by atoms with Crippen molar-refractivity contribution in [3.8, 4) is 5.75 Å². The number of hydrogen-bond donors (Lipinski definition) is 3. The zero-order valence-electron chi connectivity index (χ0n) is 11.7. The minimum Gasteiger partial charge on any atom is -0.484 e. The van der Waals surface area contributed by atoms with E-state index in [-0.39, 0.29) is 25.0 Å². The van der Waals surface area contributed by atoms with Crippen molar-refractivity contribution in [2.75, 3.05) is 12.3 Å². The lowest BCUT2D eigenvalue weighted by Gasteiger charge is -2.07. The molecule has 0 aliphatic rings. The van der Waals surface area contributed by atoms with Gasteiger partial charge in [-0.05, 0) is 22.9 Å². The van der Waals surface area contributed by atoms with Crippen molar-refractivity contribution in [3.63, 3.8) is 0 Å². The molecule has 0 saturated heterocycles. The van der Waals surface area contributed by atoms with Crippen molar-refractivity contribution in [3.05, 3.63) is 48.3 Å². The van der Waals surface area contributed by atoms with Crippen LogP contribution in [-0.2, 0) is 11.3 Å². The molecular formula is C15H15N5O2. The number of aromatic nitrogens is 3. The van der Waals surface area contributed by atoms with Gasteiger partial charge in [-0.25, -0.2) is 0 Å². The second-order valence-corrected chi connectivity index (χ2v) is 4.71. The molecule has 0 aliphatic heterocycles. The number of anilines is 1. The first-order valence-corrected chi connectivity index (χ1v) is 6.76. The third kappa shape index (κ3) is 3.32. The Morgan fingerprint density at radius 1 is 1.23 bits per heavy atom. The van der Waals surface area contributed by atoms with Gasteiger partial charge < -0.3 is 15.8 Å². The molecule has 0 radical (unpaired) electrons. The smallest absolute Gasteiger partial charge is 0.258 e. The summed E-state index contributed by atoms with van der Waals surface area (Å²) in [6, 6.07) is 13.7. The van der Waals surface area contributed by atoms with Crippen molar-refractivity contribution >= 4 is 22.6 Å². The van der Waals surface area contributed by atoms with Crippen molar-refractivity contribution < 1.29 is 9.53 Å². The maximum absolute atomic E-state index is 11.7. The molecular weight excluding hydrogens is 282 g/mol. The fourth-order valence-electron chi connectivity index (χ4n) is 2.03. The van der Waals surface area contributed by atoms with E-state index < -0.39 is 0 Å². The molecule has 1 aromatic heterocycles. The van der Waals surface area contributed by atoms with Gasteiger partial charge in [-0.1, -0.05) is 30.3 Å². The number of nitrogens with one attached hydrogen (secondary N) is 2. The number of fused-ring (bicyclic) bond motifs is 1. The third-order valence-electron chi connectivity index (χ3n) is 3.09. The first-order chi connectivity index (χ1) is 10.7. The number of H-pyrrole nitrogens is 1. The number of nitrogens with two attached hydrogens (primary N) is 1. The largest absolute Gasteiger partial charge is 0.484 e. The molecule has 0 bridgehead atoms. The summed E-state index contributed by atoms with van der Waals surface area (Å²) < 4.78 is 5.49. The van der Waals surface area contributed by atoms with Crippen molar-refractivity contribution in [1.82, 2.24) is 20.5 Å². The van der Waals surface area contributed by atoms with Gasteiger partial charge in [0, 0.05) is 0 Å². The zero-order valence-corrected chi connectivity index (χ0v) is 11.7. The van der Waals surface area contributed by atoms with E-state index in [4.69, 9.17) is 10.5 Å². The number of hydrogen-bond acceptors (Lipinski definition) is 5. The van der Waals surface area contributed by atoms with Gasteiger partial charge in [0.25, 0.3) is 5.91 Å². The fourth-order valence-corrected chi connectivity index (χ4v) is 2.03. The summed E-state index contributed by atoms with van der Waals surface area (Å²) in [6.45, 7) is 0.159. The van der Waals surface area contributed by atoms with Crippen LogP contribution < -0.4 is 15.8 Å². The lowest BCUT2D eigenvalue weighted by molar-refractivity contribution is -0.123. The Kier molecular flexibility index (Phi) is 3.86. The number of nitrogen functional groups attached to an aromatic ring is 1. The molecule has 0 atom stereocenters. The first-order valence-electron chi connectivity index (χ1n) is 6.76. The predicted octanol–water partition coefficient (Wildman–Crippen LogP) is 1.24. The van der Waals surface area contributed by atoms with Gasteiger partial charge in [0.05, 0.1) is 6.54 Å². The Bertz CT molecular complexity index is 799. The molecule has 0 fully saturated rings. The number of carbonyl (C=O) groups excluding carboxylic acids is 1. The number of benzene rings is 2. The average Bonchev–Trinajstić information content (AvgIpc) is 2.96. The minimum absolute atomic E-state index is 0.0675. The number of aromatic amines is 1. The van der Waals surface area contributed by atoms with Crippen LogP contribution in [0.25, 0.3) is 10.8 Å². The van der Waals surface area contributed by atoms with Crippen LogP contribution in [0.4, 0.5) is 5.95 Å². The van der Waals surface area contributed by atoms with Gasteiger partial charge in [0.1, 0.15) is 11.6 Å². The van der Waals surface area contributed by atoms with E-state index in [1.807, 2.05) is 42.5 Å². The molecule has 0 spiro atoms. The molecule has 112 valence electrons. The van der Waals surface area contributed by atoms with Gasteiger partial charge >= 0.3 is 0 Å². The fraction of sp³-hybridized carbons (Fsp3) is 0.133. The van der Waals surface area contributed by atoms with Crippen molar-refractivity contribution in [2.45, 2.75) is 6.54 Å². The van der Waals surface area contributed by atoms with Crippen LogP contribution in [0.5, 0.6) is 5.75 Å². The van der Waals surface area contributed by atoms with Crippen LogP contribution in [-0.4, -0.2) is 27.7 Å². The van der Waals surface area contributed by atoms with Gasteiger partial charge in [-0.3, -0.25) is 9.89 Å². The summed E-state index contributed by atoms with van der Waals surface area (Å²) >= 11 is 0. The Hall–Kier alpha value is -3.09. The van der Waals surface area contributed by atoms with Crippen LogP contribution in [0.15, 0.2) is 42.5 Å². The van der Waals surface area contributed by atoms with Crippen molar-refractivity contribution in [1.29, 1.82) is 0 Å². The SMILES string of the molecule is Nc1n[nH]c(CNC(=O)COc2ccc3ccccc3c2)n1. The molecule has 0 aliphatic carbocycles. The van der Waals surface area contributed by atoms with Gasteiger partial charge in [-0.15, -0.1) is 5.10 Å². The second kappa shape index (κ2) is 6.13. The van der Waals surface area contributed by atoms with Crippen LogP contribution in [0.3, 0.4) is 0 Å². The summed E-state index contributed by atoms with van der Waals surface area (Å²) in [4.78, 5) is 15.6. The highest BCUT2D eigenvalue weighted by Gasteiger charge is 2.05. The van der Waals surface area contributed by atoms with E-state index >= 15 is 0 Å². The van der Waals surface area contributed by atoms with Gasteiger partial charge in [0.2, 0.25) is 5.95 Å². The molecule has 0 unspecified atom stereocenters. The molecule has 2 aromatic carbocycles. The van der Waals surface area contributed by atoms with Gasteiger partial charge in [0.15, 0.2) is 6.61 Å². The normalized spacial score (nSPS) is 10.5. The Labute approximate surface area is 126 Å². The number of rotatable bonds is 5. The van der Waals surface area contributed by atoms with Crippen LogP contribution in [0, 0.1) is 0 Å². The number of ether oxygens (including phenoxy) is 1. The van der Waals surface area contributed by atoms with E-state index in [9.17, 15) is 4.79 Å². The summed E-state index contributed by atoms with van der Waals surface area (Å²) in [7, 11) is 0. The van der Waals surface area contributed by atoms with E-state index in [1.165, 1.54) is 0 Å². The topological polar surface area (TPSA) is 106 Å². The molecule has 3 aromatic rings. The summed E-state index contributed by atoms with van der Waals surface area (Å²) in [5.41, 5.74) is 5.37. The molecule has 7 nitrogen and oxygen atoms in total. The average molecular weight is 297 g/mol. The highest BCUT2D eigenvalue weighted by molar-refractivity contribution is 5.84. The number of nitrogens with zero attached hydrogens (tertiary/aromatic N) is 2. The number of amides is 1. The number of carbonyl (C=O) groups is 1. The molecule has 4 N–H and O–H groups in total. The Morgan fingerprint density at radius 3 is 2.82 bits per heavy atom. The second-order valence-electron chi connectivity index (χ2n) is 4.71. The van der Waals surface area contributed by atoms with Crippen LogP contribution in [0.1, 0.15) is 5.82 Å². The van der Waals surface area contributed by atoms with E-state index in [2.05, 4.69) is 20.5 Å². The van der Waals surface area contributed by atoms with Gasteiger partial charge in [-0.2, -0.15) is 4.98 Å². The van der Waals surface area contributed by atoms with E-state index in [1.54, 1.807) is 0 Å².